The minimum atomic E-state index is 0.0770. The molecule has 0 bridgehead atoms. The molecule has 1 heterocycles. The second kappa shape index (κ2) is 6.85. The molecule has 1 aliphatic heterocycles. The number of halogens is 1. The number of piperazine rings is 1. The highest BCUT2D eigenvalue weighted by atomic mass is 79.9. The van der Waals surface area contributed by atoms with Gasteiger partial charge in [0.1, 0.15) is 0 Å². The Kier molecular flexibility index (Phi) is 5.35. The number of hydrogen-bond donors (Lipinski definition) is 1. The Bertz CT molecular complexity index is 556. The maximum absolute atomic E-state index is 12.6. The van der Waals surface area contributed by atoms with Crippen molar-refractivity contribution in [3.05, 3.63) is 33.8 Å². The average molecular weight is 370 g/mol. The number of amides is 1. The zero-order valence-electron chi connectivity index (χ0n) is 12.3. The first kappa shape index (κ1) is 16.4. The summed E-state index contributed by atoms with van der Waals surface area (Å²) >= 11 is 8.55. The molecule has 1 aromatic rings. The number of nitrogens with two attached hydrogens (primary N) is 1. The smallest absolute Gasteiger partial charge is 0.255 e. The molecule has 114 valence electrons. The van der Waals surface area contributed by atoms with E-state index in [1.165, 1.54) is 0 Å². The second-order valence-corrected chi connectivity index (χ2v) is 6.61. The molecule has 1 saturated heterocycles. The van der Waals surface area contributed by atoms with E-state index < -0.39 is 0 Å². The summed E-state index contributed by atoms with van der Waals surface area (Å²) in [4.78, 5) is 17.2. The van der Waals surface area contributed by atoms with E-state index in [0.29, 0.717) is 18.1 Å². The van der Waals surface area contributed by atoms with Gasteiger partial charge >= 0.3 is 0 Å². The van der Waals surface area contributed by atoms with Crippen LogP contribution in [0, 0.1) is 6.92 Å². The fourth-order valence-corrected chi connectivity index (χ4v) is 3.06. The summed E-state index contributed by atoms with van der Waals surface area (Å²) in [7, 11) is 0. The Balaban J connectivity index is 2.04. The summed E-state index contributed by atoms with van der Waals surface area (Å²) in [5.41, 5.74) is 7.49. The first-order valence-corrected chi connectivity index (χ1v) is 8.19. The fraction of sp³-hybridized carbons (Fsp3) is 0.467. The number of thiocarbonyl (C=S) groups is 1. The highest BCUT2D eigenvalue weighted by molar-refractivity contribution is 9.10. The van der Waals surface area contributed by atoms with E-state index in [-0.39, 0.29) is 11.9 Å². The van der Waals surface area contributed by atoms with Gasteiger partial charge in [0.15, 0.2) is 0 Å². The van der Waals surface area contributed by atoms with Crippen molar-refractivity contribution >= 4 is 39.0 Å². The van der Waals surface area contributed by atoms with E-state index in [4.69, 9.17) is 18.0 Å². The number of carbonyl (C=O) groups is 1. The molecule has 4 nitrogen and oxygen atoms in total. The molecule has 0 aromatic heterocycles. The zero-order chi connectivity index (χ0) is 15.6. The minimum Gasteiger partial charge on any atom is -0.392 e. The van der Waals surface area contributed by atoms with Crippen LogP contribution >= 0.6 is 28.1 Å². The van der Waals surface area contributed by atoms with Crippen LogP contribution in [0.4, 0.5) is 0 Å². The van der Waals surface area contributed by atoms with Crippen LogP contribution in [0.3, 0.4) is 0 Å². The monoisotopic (exact) mass is 369 g/mol. The van der Waals surface area contributed by atoms with E-state index in [9.17, 15) is 4.79 Å². The largest absolute Gasteiger partial charge is 0.392 e. The van der Waals surface area contributed by atoms with Gasteiger partial charge in [0.2, 0.25) is 0 Å². The molecule has 1 atom stereocenters. The van der Waals surface area contributed by atoms with Gasteiger partial charge in [-0.3, -0.25) is 9.69 Å². The zero-order valence-corrected chi connectivity index (χ0v) is 14.7. The lowest BCUT2D eigenvalue weighted by Gasteiger charge is -2.37. The molecule has 1 aliphatic rings. The van der Waals surface area contributed by atoms with Crippen LogP contribution < -0.4 is 5.73 Å². The van der Waals surface area contributed by atoms with E-state index in [1.807, 2.05) is 36.9 Å². The van der Waals surface area contributed by atoms with E-state index >= 15 is 0 Å². The van der Waals surface area contributed by atoms with E-state index in [1.54, 1.807) is 0 Å². The molecule has 0 radical (unpaired) electrons. The van der Waals surface area contributed by atoms with E-state index in [0.717, 1.165) is 28.7 Å². The van der Waals surface area contributed by atoms with E-state index in [2.05, 4.69) is 20.8 Å². The molecule has 2 rings (SSSR count). The van der Waals surface area contributed by atoms with Gasteiger partial charge in [-0.25, -0.2) is 0 Å². The predicted molar refractivity (Wildman–Crippen MR) is 92.6 cm³/mol. The quantitative estimate of drug-likeness (QED) is 0.829. The van der Waals surface area contributed by atoms with Gasteiger partial charge in [-0.2, -0.15) is 0 Å². The Labute approximate surface area is 139 Å². The highest BCUT2D eigenvalue weighted by Crippen LogP contribution is 2.23. The molecule has 1 unspecified atom stereocenters. The van der Waals surface area contributed by atoms with Gasteiger partial charge in [-0.1, -0.05) is 24.4 Å². The van der Waals surface area contributed by atoms with Gasteiger partial charge < -0.3 is 10.6 Å². The van der Waals surface area contributed by atoms with Crippen molar-refractivity contribution in [2.24, 2.45) is 5.73 Å². The molecule has 0 aliphatic carbocycles. The number of benzene rings is 1. The summed E-state index contributed by atoms with van der Waals surface area (Å²) in [6.07, 6.45) is 0. The molecule has 2 N–H and O–H groups in total. The predicted octanol–water partition coefficient (Wildman–Crippen LogP) is 2.19. The third-order valence-electron chi connectivity index (χ3n) is 3.98. The van der Waals surface area contributed by atoms with Crippen LogP contribution in [0.1, 0.15) is 22.8 Å². The maximum Gasteiger partial charge on any atom is 0.255 e. The SMILES string of the molecule is Cc1cccc(C(=O)N2CCN(C(C)C(N)=S)CC2)c1Br. The molecule has 1 aromatic carbocycles. The number of nitrogens with zero attached hydrogens (tertiary/aromatic N) is 2. The van der Waals surface area contributed by atoms with Gasteiger partial charge in [0, 0.05) is 30.7 Å². The Morgan fingerprint density at radius 1 is 1.33 bits per heavy atom. The van der Waals surface area contributed by atoms with Crippen molar-refractivity contribution in [1.82, 2.24) is 9.80 Å². The van der Waals surface area contributed by atoms with Crippen LogP contribution in [0.25, 0.3) is 0 Å². The van der Waals surface area contributed by atoms with Crippen molar-refractivity contribution in [3.63, 3.8) is 0 Å². The second-order valence-electron chi connectivity index (χ2n) is 5.34. The van der Waals surface area contributed by atoms with Crippen LogP contribution in [0.15, 0.2) is 22.7 Å². The van der Waals surface area contributed by atoms with Crippen molar-refractivity contribution in [2.75, 3.05) is 26.2 Å². The van der Waals surface area contributed by atoms with Gasteiger partial charge in [-0.15, -0.1) is 0 Å². The lowest BCUT2D eigenvalue weighted by molar-refractivity contribution is 0.0620. The first-order valence-electron chi connectivity index (χ1n) is 6.99. The topological polar surface area (TPSA) is 49.6 Å². The summed E-state index contributed by atoms with van der Waals surface area (Å²) < 4.78 is 0.883. The lowest BCUT2D eigenvalue weighted by atomic mass is 10.1. The summed E-state index contributed by atoms with van der Waals surface area (Å²) in [5, 5.41) is 0. The molecule has 0 spiro atoms. The van der Waals surface area contributed by atoms with Crippen LogP contribution in [-0.2, 0) is 0 Å². The average Bonchev–Trinajstić information content (AvgIpc) is 2.48. The van der Waals surface area contributed by atoms with Gasteiger partial charge in [-0.05, 0) is 41.4 Å². The highest BCUT2D eigenvalue weighted by Gasteiger charge is 2.26. The third-order valence-corrected chi connectivity index (χ3v) is 5.38. The number of rotatable bonds is 3. The van der Waals surface area contributed by atoms with Crippen molar-refractivity contribution in [2.45, 2.75) is 19.9 Å². The number of carbonyl (C=O) groups excluding carboxylic acids is 1. The Morgan fingerprint density at radius 2 is 1.95 bits per heavy atom. The lowest BCUT2D eigenvalue weighted by Crippen LogP contribution is -2.54. The first-order chi connectivity index (χ1) is 9.91. The fourth-order valence-electron chi connectivity index (χ4n) is 2.48. The summed E-state index contributed by atoms with van der Waals surface area (Å²) in [5.74, 6) is 0.0770. The van der Waals surface area contributed by atoms with Crippen LogP contribution in [0.2, 0.25) is 0 Å². The molecule has 1 fully saturated rings. The molecule has 1 amide bonds. The molecular weight excluding hydrogens is 350 g/mol. The maximum atomic E-state index is 12.6. The Morgan fingerprint density at radius 3 is 2.52 bits per heavy atom. The molecular formula is C15H20BrN3OS. The van der Waals surface area contributed by atoms with Gasteiger partial charge in [0.05, 0.1) is 16.6 Å². The molecule has 6 heteroatoms. The molecule has 21 heavy (non-hydrogen) atoms. The van der Waals surface area contributed by atoms with Crippen LogP contribution in [0.5, 0.6) is 0 Å². The van der Waals surface area contributed by atoms with Gasteiger partial charge in [0.25, 0.3) is 5.91 Å². The van der Waals surface area contributed by atoms with Crippen molar-refractivity contribution in [1.29, 1.82) is 0 Å². The number of aryl methyl sites for hydroxylation is 1. The van der Waals surface area contributed by atoms with Crippen molar-refractivity contribution < 1.29 is 4.79 Å². The molecule has 0 saturated carbocycles. The minimum absolute atomic E-state index is 0.0770. The standard InChI is InChI=1S/C15H20BrN3OS/c1-10-4-3-5-12(13(10)16)15(20)19-8-6-18(7-9-19)11(2)14(17)21/h3-5,11H,6-9H2,1-2H3,(H2,17,21). The summed E-state index contributed by atoms with van der Waals surface area (Å²) in [6, 6.07) is 5.85. The third kappa shape index (κ3) is 3.62. The normalized spacial score (nSPS) is 17.6. The van der Waals surface area contributed by atoms with Crippen molar-refractivity contribution in [3.8, 4) is 0 Å². The number of hydrogen-bond acceptors (Lipinski definition) is 3. The summed E-state index contributed by atoms with van der Waals surface area (Å²) in [6.45, 7) is 7.00. The Hall–Kier alpha value is -0.980. The van der Waals surface area contributed by atoms with Crippen LogP contribution in [-0.4, -0.2) is 52.9 Å².